The molecule has 3 nitrogen and oxygen atoms in total. The minimum absolute atomic E-state index is 0.112. The molecule has 1 aromatic rings. The van der Waals surface area contributed by atoms with Gasteiger partial charge < -0.3 is 15.6 Å². The van der Waals surface area contributed by atoms with Gasteiger partial charge in [-0.25, -0.2) is 4.39 Å². The third kappa shape index (κ3) is 2.59. The number of hydrogen-bond donors (Lipinski definition) is 2. The van der Waals surface area contributed by atoms with Crippen LogP contribution in [-0.4, -0.2) is 18.8 Å². The highest BCUT2D eigenvalue weighted by Crippen LogP contribution is 2.33. The van der Waals surface area contributed by atoms with Gasteiger partial charge in [0.2, 0.25) is 0 Å². The number of methoxy groups -OCH3 is 1. The summed E-state index contributed by atoms with van der Waals surface area (Å²) < 4.78 is 18.1. The number of phenolic OH excluding ortho intramolecular Hbond substituents is 1. The van der Waals surface area contributed by atoms with E-state index in [-0.39, 0.29) is 17.4 Å². The molecule has 0 aliphatic heterocycles. The van der Waals surface area contributed by atoms with Gasteiger partial charge in [0, 0.05) is 0 Å². The van der Waals surface area contributed by atoms with Crippen LogP contribution in [0.5, 0.6) is 11.5 Å². The predicted octanol–water partition coefficient (Wildman–Crippen LogP) is 1.99. The molecule has 0 spiro atoms. The first kappa shape index (κ1) is 11.8. The van der Waals surface area contributed by atoms with Crippen LogP contribution in [0.3, 0.4) is 0 Å². The van der Waals surface area contributed by atoms with Crippen LogP contribution < -0.4 is 10.5 Å². The number of rotatable bonds is 4. The number of phenols is 1. The molecular weight excluding hydrogens is 197 g/mol. The molecule has 0 radical (unpaired) electrons. The molecule has 0 bridgehead atoms. The Morgan fingerprint density at radius 3 is 2.67 bits per heavy atom. The quantitative estimate of drug-likeness (QED) is 0.804. The van der Waals surface area contributed by atoms with E-state index in [0.29, 0.717) is 6.54 Å². The fourth-order valence-corrected chi connectivity index (χ4v) is 1.50. The Morgan fingerprint density at radius 1 is 1.53 bits per heavy atom. The SMILES string of the molecule is COc1c(O)cc(C(C)CCN)cc1F. The molecule has 1 atom stereocenters. The molecule has 0 amide bonds. The maximum atomic E-state index is 13.4. The van der Waals surface area contributed by atoms with Gasteiger partial charge in [0.25, 0.3) is 0 Å². The zero-order valence-corrected chi connectivity index (χ0v) is 8.96. The minimum atomic E-state index is -0.545. The largest absolute Gasteiger partial charge is 0.504 e. The smallest absolute Gasteiger partial charge is 0.196 e. The van der Waals surface area contributed by atoms with Crippen LogP contribution in [0.1, 0.15) is 24.8 Å². The Morgan fingerprint density at radius 2 is 2.20 bits per heavy atom. The summed E-state index contributed by atoms with van der Waals surface area (Å²) in [6.07, 6.45) is 0.755. The monoisotopic (exact) mass is 213 g/mol. The van der Waals surface area contributed by atoms with Crippen molar-refractivity contribution in [2.24, 2.45) is 5.73 Å². The predicted molar refractivity (Wildman–Crippen MR) is 56.7 cm³/mol. The van der Waals surface area contributed by atoms with Crippen LogP contribution in [0.25, 0.3) is 0 Å². The topological polar surface area (TPSA) is 55.5 Å². The van der Waals surface area contributed by atoms with Gasteiger partial charge in [0.15, 0.2) is 17.3 Å². The van der Waals surface area contributed by atoms with Crippen molar-refractivity contribution in [3.8, 4) is 11.5 Å². The van der Waals surface area contributed by atoms with E-state index in [1.165, 1.54) is 19.2 Å². The van der Waals surface area contributed by atoms with E-state index >= 15 is 0 Å². The standard InChI is InChI=1S/C11H16FNO2/c1-7(3-4-13)8-5-9(12)11(15-2)10(14)6-8/h5-7,14H,3-4,13H2,1-2H3. The second kappa shape index (κ2) is 4.98. The molecule has 0 saturated heterocycles. The molecule has 1 unspecified atom stereocenters. The molecule has 1 aromatic carbocycles. The molecule has 84 valence electrons. The maximum absolute atomic E-state index is 13.4. The molecule has 0 aromatic heterocycles. The molecule has 3 N–H and O–H groups in total. The number of ether oxygens (including phenoxy) is 1. The van der Waals surface area contributed by atoms with E-state index in [4.69, 9.17) is 10.5 Å². The highest BCUT2D eigenvalue weighted by atomic mass is 19.1. The number of benzene rings is 1. The number of hydrogen-bond acceptors (Lipinski definition) is 3. The fraction of sp³-hybridized carbons (Fsp3) is 0.455. The van der Waals surface area contributed by atoms with Crippen molar-refractivity contribution in [2.75, 3.05) is 13.7 Å². The Kier molecular flexibility index (Phi) is 3.91. The van der Waals surface area contributed by atoms with Gasteiger partial charge >= 0.3 is 0 Å². The number of nitrogens with two attached hydrogens (primary N) is 1. The van der Waals surface area contributed by atoms with Gasteiger partial charge in [0.05, 0.1) is 7.11 Å². The van der Waals surface area contributed by atoms with Crippen LogP contribution in [0.15, 0.2) is 12.1 Å². The van der Waals surface area contributed by atoms with Gasteiger partial charge in [-0.2, -0.15) is 0 Å². The molecule has 0 aliphatic rings. The molecular formula is C11H16FNO2. The normalized spacial score (nSPS) is 12.5. The summed E-state index contributed by atoms with van der Waals surface area (Å²) in [5, 5.41) is 9.49. The average Bonchev–Trinajstić information content (AvgIpc) is 2.17. The van der Waals surface area contributed by atoms with E-state index in [0.717, 1.165) is 12.0 Å². The van der Waals surface area contributed by atoms with Crippen LogP contribution in [0, 0.1) is 5.82 Å². The van der Waals surface area contributed by atoms with Crippen LogP contribution in [0.4, 0.5) is 4.39 Å². The van der Waals surface area contributed by atoms with E-state index in [1.54, 1.807) is 0 Å². The maximum Gasteiger partial charge on any atom is 0.196 e. The summed E-state index contributed by atoms with van der Waals surface area (Å²) in [6.45, 7) is 2.48. The lowest BCUT2D eigenvalue weighted by Gasteiger charge is -2.13. The highest BCUT2D eigenvalue weighted by molar-refractivity contribution is 5.44. The van der Waals surface area contributed by atoms with Gasteiger partial charge in [-0.1, -0.05) is 6.92 Å². The number of aromatic hydroxyl groups is 1. The Labute approximate surface area is 88.7 Å². The van der Waals surface area contributed by atoms with Crippen LogP contribution in [-0.2, 0) is 0 Å². The summed E-state index contributed by atoms with van der Waals surface area (Å²) in [4.78, 5) is 0. The van der Waals surface area contributed by atoms with Crippen molar-refractivity contribution >= 4 is 0 Å². The summed E-state index contributed by atoms with van der Waals surface area (Å²) >= 11 is 0. The summed E-state index contributed by atoms with van der Waals surface area (Å²) in [7, 11) is 1.32. The third-order valence-corrected chi connectivity index (χ3v) is 2.42. The van der Waals surface area contributed by atoms with E-state index in [1.807, 2.05) is 6.92 Å². The van der Waals surface area contributed by atoms with Crippen molar-refractivity contribution in [1.82, 2.24) is 0 Å². The highest BCUT2D eigenvalue weighted by Gasteiger charge is 2.13. The van der Waals surface area contributed by atoms with E-state index in [9.17, 15) is 9.50 Å². The van der Waals surface area contributed by atoms with Crippen molar-refractivity contribution < 1.29 is 14.2 Å². The lowest BCUT2D eigenvalue weighted by atomic mass is 9.97. The zero-order valence-electron chi connectivity index (χ0n) is 8.96. The van der Waals surface area contributed by atoms with Crippen molar-refractivity contribution in [1.29, 1.82) is 0 Å². The van der Waals surface area contributed by atoms with Gasteiger partial charge in [-0.15, -0.1) is 0 Å². The third-order valence-electron chi connectivity index (χ3n) is 2.42. The van der Waals surface area contributed by atoms with E-state index < -0.39 is 5.82 Å². The van der Waals surface area contributed by atoms with Crippen LogP contribution in [0.2, 0.25) is 0 Å². The molecule has 0 aliphatic carbocycles. The van der Waals surface area contributed by atoms with Gasteiger partial charge in [0.1, 0.15) is 0 Å². The first-order chi connectivity index (χ1) is 7.10. The van der Waals surface area contributed by atoms with Crippen molar-refractivity contribution in [3.63, 3.8) is 0 Å². The lowest BCUT2D eigenvalue weighted by molar-refractivity contribution is 0.350. The first-order valence-corrected chi connectivity index (χ1v) is 4.86. The summed E-state index contributed by atoms with van der Waals surface area (Å²) in [6, 6.07) is 2.89. The molecule has 0 fully saturated rings. The minimum Gasteiger partial charge on any atom is -0.504 e. The second-order valence-electron chi connectivity index (χ2n) is 3.53. The average molecular weight is 213 g/mol. The number of halogens is 1. The molecule has 4 heteroatoms. The molecule has 1 rings (SSSR count). The first-order valence-electron chi connectivity index (χ1n) is 4.86. The second-order valence-corrected chi connectivity index (χ2v) is 3.53. The summed E-state index contributed by atoms with van der Waals surface area (Å²) in [5.74, 6) is -0.701. The lowest BCUT2D eigenvalue weighted by Crippen LogP contribution is -2.05. The van der Waals surface area contributed by atoms with Gasteiger partial charge in [-0.3, -0.25) is 0 Å². The Balaban J connectivity index is 3.02. The van der Waals surface area contributed by atoms with Crippen molar-refractivity contribution in [3.05, 3.63) is 23.5 Å². The molecule has 0 saturated carbocycles. The van der Waals surface area contributed by atoms with Crippen molar-refractivity contribution in [2.45, 2.75) is 19.3 Å². The van der Waals surface area contributed by atoms with Crippen LogP contribution >= 0.6 is 0 Å². The summed E-state index contributed by atoms with van der Waals surface area (Å²) in [5.41, 5.74) is 6.15. The molecule has 0 heterocycles. The van der Waals surface area contributed by atoms with Gasteiger partial charge in [-0.05, 0) is 36.6 Å². The Bertz CT molecular complexity index is 318. The Hall–Kier alpha value is -1.29. The zero-order chi connectivity index (χ0) is 11.4. The molecule has 15 heavy (non-hydrogen) atoms. The van der Waals surface area contributed by atoms with E-state index in [2.05, 4.69) is 0 Å². The fourth-order valence-electron chi connectivity index (χ4n) is 1.50.